The number of hydrogen-bond acceptors (Lipinski definition) is 3. The molecule has 164 valence electrons. The van der Waals surface area contributed by atoms with Crippen LogP contribution in [0.25, 0.3) is 0 Å². The highest BCUT2D eigenvalue weighted by molar-refractivity contribution is 5.36. The number of likely N-dealkylation sites (tertiary alicyclic amines) is 1. The predicted octanol–water partition coefficient (Wildman–Crippen LogP) is 4.78. The van der Waals surface area contributed by atoms with E-state index in [1.165, 1.54) is 6.07 Å². The molecular formula is C22H32F4N2O. The second-order valence-electron chi connectivity index (χ2n) is 10.2. The predicted molar refractivity (Wildman–Crippen MR) is 105 cm³/mol. The van der Waals surface area contributed by atoms with Crippen LogP contribution in [0.2, 0.25) is 0 Å². The number of alkyl halides is 3. The molecular weight excluding hydrogens is 384 g/mol. The minimum absolute atomic E-state index is 0.0133. The summed E-state index contributed by atoms with van der Waals surface area (Å²) in [6, 6.07) is 3.64. The molecule has 1 aromatic carbocycles. The number of rotatable bonds is 6. The Labute approximate surface area is 170 Å². The zero-order chi connectivity index (χ0) is 21.8. The van der Waals surface area contributed by atoms with Crippen molar-refractivity contribution in [1.82, 2.24) is 9.80 Å². The Bertz CT molecular complexity index is 745. The summed E-state index contributed by atoms with van der Waals surface area (Å²) >= 11 is 0. The molecule has 0 spiro atoms. The van der Waals surface area contributed by atoms with Gasteiger partial charge in [-0.05, 0) is 71.6 Å². The lowest BCUT2D eigenvalue weighted by Gasteiger charge is -2.52. The van der Waals surface area contributed by atoms with E-state index in [2.05, 4.69) is 30.6 Å². The summed E-state index contributed by atoms with van der Waals surface area (Å²) in [6.45, 7) is 11.9. The van der Waals surface area contributed by atoms with Crippen molar-refractivity contribution in [1.29, 1.82) is 0 Å². The van der Waals surface area contributed by atoms with Gasteiger partial charge in [-0.2, -0.15) is 13.2 Å². The van der Waals surface area contributed by atoms with Gasteiger partial charge in [0.1, 0.15) is 5.82 Å². The van der Waals surface area contributed by atoms with Crippen LogP contribution in [0.15, 0.2) is 18.2 Å². The van der Waals surface area contributed by atoms with Gasteiger partial charge < -0.3 is 5.11 Å². The molecule has 29 heavy (non-hydrogen) atoms. The van der Waals surface area contributed by atoms with E-state index in [0.29, 0.717) is 31.5 Å². The summed E-state index contributed by atoms with van der Waals surface area (Å²) in [5.74, 6) is -1.25. The molecule has 1 saturated heterocycles. The van der Waals surface area contributed by atoms with Gasteiger partial charge in [-0.25, -0.2) is 4.39 Å². The molecule has 1 N–H and O–H groups in total. The molecule has 2 fully saturated rings. The number of hydrogen-bond donors (Lipinski definition) is 1. The van der Waals surface area contributed by atoms with Crippen molar-refractivity contribution in [3.63, 3.8) is 0 Å². The van der Waals surface area contributed by atoms with Gasteiger partial charge in [0.25, 0.3) is 0 Å². The van der Waals surface area contributed by atoms with Crippen LogP contribution in [0, 0.1) is 5.82 Å². The Hall–Kier alpha value is -1.18. The Balaban J connectivity index is 1.92. The van der Waals surface area contributed by atoms with Gasteiger partial charge in [0, 0.05) is 36.8 Å². The van der Waals surface area contributed by atoms with Gasteiger partial charge in [0.2, 0.25) is 0 Å². The van der Waals surface area contributed by atoms with Gasteiger partial charge >= 0.3 is 6.18 Å². The highest BCUT2D eigenvalue weighted by Gasteiger charge is 2.52. The van der Waals surface area contributed by atoms with Crippen molar-refractivity contribution in [3.8, 4) is 0 Å². The monoisotopic (exact) mass is 416 g/mol. The quantitative estimate of drug-likeness (QED) is 0.676. The first kappa shape index (κ1) is 22.5. The molecule has 0 bridgehead atoms. The van der Waals surface area contributed by atoms with Crippen LogP contribution in [-0.2, 0) is 11.7 Å². The molecule has 1 aliphatic heterocycles. The normalized spacial score (nSPS) is 22.7. The highest BCUT2D eigenvalue weighted by atomic mass is 19.4. The highest BCUT2D eigenvalue weighted by Crippen LogP contribution is 2.53. The van der Waals surface area contributed by atoms with Crippen molar-refractivity contribution >= 4 is 0 Å². The second-order valence-corrected chi connectivity index (χ2v) is 10.2. The van der Waals surface area contributed by atoms with Crippen LogP contribution >= 0.6 is 0 Å². The van der Waals surface area contributed by atoms with Gasteiger partial charge in [-0.3, -0.25) is 9.80 Å². The summed E-state index contributed by atoms with van der Waals surface area (Å²) < 4.78 is 53.6. The first-order chi connectivity index (χ1) is 13.1. The van der Waals surface area contributed by atoms with Crippen molar-refractivity contribution in [2.75, 3.05) is 19.6 Å². The lowest BCUT2D eigenvalue weighted by atomic mass is 9.91. The summed E-state index contributed by atoms with van der Waals surface area (Å²) in [4.78, 5) is 4.52. The standard InChI is InChI=1S/C22H32F4N2O/c1-19(2,3)28-11-8-16(28)13-27(14-20(4,5)29)21(9-10-21)15-6-7-18(23)17(12-15)22(24,25)26/h6-7,12,16,29H,8-11,13-14H2,1-5H3. The fourth-order valence-electron chi connectivity index (χ4n) is 4.56. The molecule has 3 nitrogen and oxygen atoms in total. The Kier molecular flexibility index (Phi) is 5.59. The maximum Gasteiger partial charge on any atom is 0.419 e. The second kappa shape index (κ2) is 7.20. The topological polar surface area (TPSA) is 26.7 Å². The largest absolute Gasteiger partial charge is 0.419 e. The summed E-state index contributed by atoms with van der Waals surface area (Å²) in [5, 5.41) is 10.5. The molecule has 0 aromatic heterocycles. The molecule has 2 aliphatic rings. The summed E-state index contributed by atoms with van der Waals surface area (Å²) in [5.41, 5.74) is -2.29. The molecule has 0 amide bonds. The Morgan fingerprint density at radius 3 is 2.17 bits per heavy atom. The van der Waals surface area contributed by atoms with E-state index < -0.39 is 28.7 Å². The minimum atomic E-state index is -4.73. The van der Waals surface area contributed by atoms with Crippen molar-refractivity contribution in [3.05, 3.63) is 35.1 Å². The third-order valence-electron chi connectivity index (χ3n) is 6.15. The van der Waals surface area contributed by atoms with Crippen LogP contribution in [-0.4, -0.2) is 51.7 Å². The fourth-order valence-corrected chi connectivity index (χ4v) is 4.56. The number of aliphatic hydroxyl groups is 1. The molecule has 3 rings (SSSR count). The molecule has 1 saturated carbocycles. The Morgan fingerprint density at radius 1 is 1.14 bits per heavy atom. The van der Waals surface area contributed by atoms with Crippen molar-refractivity contribution in [2.45, 2.75) is 82.8 Å². The van der Waals surface area contributed by atoms with Gasteiger partial charge in [-0.1, -0.05) is 6.07 Å². The van der Waals surface area contributed by atoms with Gasteiger partial charge in [0.15, 0.2) is 0 Å². The molecule has 7 heteroatoms. The van der Waals surface area contributed by atoms with Crippen LogP contribution in [0.4, 0.5) is 17.6 Å². The zero-order valence-corrected chi connectivity index (χ0v) is 17.9. The van der Waals surface area contributed by atoms with E-state index in [9.17, 15) is 22.7 Å². The van der Waals surface area contributed by atoms with Crippen molar-refractivity contribution in [2.24, 2.45) is 0 Å². The van der Waals surface area contributed by atoms with E-state index in [0.717, 1.165) is 25.1 Å². The van der Waals surface area contributed by atoms with E-state index in [1.807, 2.05) is 0 Å². The average molecular weight is 417 g/mol. The maximum atomic E-state index is 13.8. The van der Waals surface area contributed by atoms with Crippen LogP contribution < -0.4 is 0 Å². The van der Waals surface area contributed by atoms with Gasteiger partial charge in [-0.15, -0.1) is 0 Å². The SMILES string of the molecule is CC(C)(O)CN(CC1CCN1C(C)(C)C)C1(c2ccc(F)c(C(F)(F)F)c2)CC1. The van der Waals surface area contributed by atoms with E-state index in [1.54, 1.807) is 13.8 Å². The van der Waals surface area contributed by atoms with Crippen LogP contribution in [0.1, 0.15) is 65.0 Å². The first-order valence-corrected chi connectivity index (χ1v) is 10.2. The summed E-state index contributed by atoms with van der Waals surface area (Å²) in [6.07, 6.45) is -2.30. The smallest absolute Gasteiger partial charge is 0.389 e. The average Bonchev–Trinajstić information content (AvgIpc) is 3.28. The van der Waals surface area contributed by atoms with Crippen molar-refractivity contribution < 1.29 is 22.7 Å². The number of benzene rings is 1. The lowest BCUT2D eigenvalue weighted by Crippen LogP contribution is -2.62. The lowest BCUT2D eigenvalue weighted by molar-refractivity contribution is -0.140. The molecule has 1 aromatic rings. The van der Waals surface area contributed by atoms with Gasteiger partial charge in [0.05, 0.1) is 11.2 Å². The zero-order valence-electron chi connectivity index (χ0n) is 17.9. The van der Waals surface area contributed by atoms with E-state index in [-0.39, 0.29) is 11.6 Å². The Morgan fingerprint density at radius 2 is 1.76 bits per heavy atom. The molecule has 0 radical (unpaired) electrons. The molecule has 1 unspecified atom stereocenters. The maximum absolute atomic E-state index is 13.8. The summed E-state index contributed by atoms with van der Waals surface area (Å²) in [7, 11) is 0. The molecule has 1 heterocycles. The molecule has 1 atom stereocenters. The number of nitrogens with zero attached hydrogens (tertiary/aromatic N) is 2. The molecule has 1 aliphatic carbocycles. The third kappa shape index (κ3) is 4.78. The van der Waals surface area contributed by atoms with Crippen LogP contribution in [0.3, 0.4) is 0 Å². The minimum Gasteiger partial charge on any atom is -0.389 e. The van der Waals surface area contributed by atoms with E-state index in [4.69, 9.17) is 0 Å². The first-order valence-electron chi connectivity index (χ1n) is 10.2. The van der Waals surface area contributed by atoms with E-state index >= 15 is 0 Å². The third-order valence-corrected chi connectivity index (χ3v) is 6.15. The van der Waals surface area contributed by atoms with Crippen LogP contribution in [0.5, 0.6) is 0 Å². The fraction of sp³-hybridized carbons (Fsp3) is 0.727. The number of halogens is 4.